The van der Waals surface area contributed by atoms with Gasteiger partial charge in [0.2, 0.25) is 0 Å². The molecule has 20 heavy (non-hydrogen) atoms. The maximum Gasteiger partial charge on any atom is 0.179 e. The lowest BCUT2D eigenvalue weighted by molar-refractivity contribution is 0.0977. The Bertz CT molecular complexity index is 467. The SMILES string of the molecule is OC(c1cc(Cl)c2c(c1)OCCO2)C1CCCCCC1. The number of rotatable bonds is 2. The summed E-state index contributed by atoms with van der Waals surface area (Å²) in [5, 5.41) is 11.2. The smallest absolute Gasteiger partial charge is 0.179 e. The fraction of sp³-hybridized carbons (Fsp3) is 0.625. The summed E-state index contributed by atoms with van der Waals surface area (Å²) in [7, 11) is 0. The monoisotopic (exact) mass is 296 g/mol. The van der Waals surface area contributed by atoms with E-state index in [-0.39, 0.29) is 0 Å². The first-order valence-corrected chi connectivity index (χ1v) is 7.90. The van der Waals surface area contributed by atoms with Gasteiger partial charge in [0.25, 0.3) is 0 Å². The Hall–Kier alpha value is -0.930. The molecule has 3 rings (SSSR count). The highest BCUT2D eigenvalue weighted by atomic mass is 35.5. The molecule has 0 saturated heterocycles. The standard InChI is InChI=1S/C16H21ClO3/c17-13-9-12(10-14-16(13)20-8-7-19-14)15(18)11-5-3-1-2-4-6-11/h9-11,15,18H,1-8H2. The molecule has 3 nitrogen and oxygen atoms in total. The number of benzene rings is 1. The third-order valence-corrected chi connectivity index (χ3v) is 4.59. The van der Waals surface area contributed by atoms with Crippen LogP contribution in [0.5, 0.6) is 11.5 Å². The van der Waals surface area contributed by atoms with Gasteiger partial charge in [-0.3, -0.25) is 0 Å². The number of hydrogen-bond acceptors (Lipinski definition) is 3. The molecular weight excluding hydrogens is 276 g/mol. The van der Waals surface area contributed by atoms with Crippen molar-refractivity contribution >= 4 is 11.6 Å². The summed E-state index contributed by atoms with van der Waals surface area (Å²) in [6.45, 7) is 1.06. The van der Waals surface area contributed by atoms with Crippen LogP contribution < -0.4 is 9.47 Å². The molecule has 0 spiro atoms. The third kappa shape index (κ3) is 2.89. The van der Waals surface area contributed by atoms with Crippen LogP contribution in [0.4, 0.5) is 0 Å². The largest absolute Gasteiger partial charge is 0.486 e. The van der Waals surface area contributed by atoms with E-state index in [9.17, 15) is 5.11 Å². The average Bonchev–Trinajstić information content (AvgIpc) is 2.75. The quantitative estimate of drug-likeness (QED) is 0.835. The number of aliphatic hydroxyl groups is 1. The van der Waals surface area contributed by atoms with Gasteiger partial charge in [-0.25, -0.2) is 0 Å². The van der Waals surface area contributed by atoms with Crippen LogP contribution in [0.25, 0.3) is 0 Å². The second-order valence-electron chi connectivity index (χ2n) is 5.72. The first-order chi connectivity index (χ1) is 9.75. The zero-order chi connectivity index (χ0) is 13.9. The van der Waals surface area contributed by atoms with E-state index in [0.29, 0.717) is 35.7 Å². The highest BCUT2D eigenvalue weighted by molar-refractivity contribution is 6.32. The normalized spacial score (nSPS) is 21.3. The second kappa shape index (κ2) is 6.23. The van der Waals surface area contributed by atoms with Crippen molar-refractivity contribution in [2.75, 3.05) is 13.2 Å². The number of fused-ring (bicyclic) bond motifs is 1. The minimum Gasteiger partial charge on any atom is -0.486 e. The van der Waals surface area contributed by atoms with E-state index in [2.05, 4.69) is 0 Å². The summed E-state index contributed by atoms with van der Waals surface area (Å²) in [6, 6.07) is 3.71. The van der Waals surface area contributed by atoms with Crippen molar-refractivity contribution in [3.8, 4) is 11.5 Å². The molecule has 0 aromatic heterocycles. The lowest BCUT2D eigenvalue weighted by Crippen LogP contribution is -2.17. The van der Waals surface area contributed by atoms with Gasteiger partial charge in [-0.05, 0) is 36.5 Å². The molecule has 0 bridgehead atoms. The maximum atomic E-state index is 10.6. The van der Waals surface area contributed by atoms with Gasteiger partial charge < -0.3 is 14.6 Å². The topological polar surface area (TPSA) is 38.7 Å². The second-order valence-corrected chi connectivity index (χ2v) is 6.13. The average molecular weight is 297 g/mol. The summed E-state index contributed by atoms with van der Waals surface area (Å²) in [5.74, 6) is 1.59. The van der Waals surface area contributed by atoms with Crippen molar-refractivity contribution in [3.05, 3.63) is 22.7 Å². The Morgan fingerprint density at radius 1 is 1.05 bits per heavy atom. The summed E-state index contributed by atoms with van der Waals surface area (Å²) in [4.78, 5) is 0. The first kappa shape index (κ1) is 14.0. The van der Waals surface area contributed by atoms with Crippen molar-refractivity contribution in [3.63, 3.8) is 0 Å². The van der Waals surface area contributed by atoms with E-state index in [0.717, 1.165) is 18.4 Å². The fourth-order valence-corrected chi connectivity index (χ4v) is 3.47. The highest BCUT2D eigenvalue weighted by Gasteiger charge is 2.25. The van der Waals surface area contributed by atoms with Crippen molar-refractivity contribution in [1.29, 1.82) is 0 Å². The number of aliphatic hydroxyl groups excluding tert-OH is 1. The predicted octanol–water partition coefficient (Wildman–Crippen LogP) is 4.12. The molecule has 1 aromatic rings. The predicted molar refractivity (Wildman–Crippen MR) is 78.6 cm³/mol. The maximum absolute atomic E-state index is 10.6. The lowest BCUT2D eigenvalue weighted by atomic mass is 9.89. The van der Waals surface area contributed by atoms with Gasteiger partial charge in [0.15, 0.2) is 11.5 Å². The third-order valence-electron chi connectivity index (χ3n) is 4.31. The molecular formula is C16H21ClO3. The molecule has 1 saturated carbocycles. The van der Waals surface area contributed by atoms with Crippen molar-refractivity contribution < 1.29 is 14.6 Å². The Morgan fingerprint density at radius 3 is 2.50 bits per heavy atom. The molecule has 1 N–H and O–H groups in total. The van der Waals surface area contributed by atoms with Crippen LogP contribution in [0, 0.1) is 5.92 Å². The number of hydrogen-bond donors (Lipinski definition) is 1. The van der Waals surface area contributed by atoms with Crippen LogP contribution in [0.15, 0.2) is 12.1 Å². The summed E-state index contributed by atoms with van der Waals surface area (Å²) in [5.41, 5.74) is 0.853. The van der Waals surface area contributed by atoms with Gasteiger partial charge in [0, 0.05) is 0 Å². The molecule has 1 aliphatic carbocycles. The molecule has 1 aliphatic heterocycles. The van der Waals surface area contributed by atoms with Crippen LogP contribution in [-0.4, -0.2) is 18.3 Å². The Balaban J connectivity index is 1.83. The van der Waals surface area contributed by atoms with E-state index in [4.69, 9.17) is 21.1 Å². The van der Waals surface area contributed by atoms with Gasteiger partial charge in [-0.2, -0.15) is 0 Å². The molecule has 0 amide bonds. The molecule has 1 heterocycles. The minimum absolute atomic E-state index is 0.330. The van der Waals surface area contributed by atoms with Crippen LogP contribution in [0.2, 0.25) is 5.02 Å². The van der Waals surface area contributed by atoms with E-state index in [1.807, 2.05) is 12.1 Å². The van der Waals surface area contributed by atoms with Crippen LogP contribution in [-0.2, 0) is 0 Å². The minimum atomic E-state index is -0.457. The van der Waals surface area contributed by atoms with Crippen LogP contribution >= 0.6 is 11.6 Å². The molecule has 1 atom stereocenters. The summed E-state index contributed by atoms with van der Waals surface area (Å²) in [6.07, 6.45) is 6.71. The van der Waals surface area contributed by atoms with Crippen LogP contribution in [0.3, 0.4) is 0 Å². The molecule has 0 radical (unpaired) electrons. The molecule has 1 fully saturated rings. The zero-order valence-electron chi connectivity index (χ0n) is 11.6. The van der Waals surface area contributed by atoms with Gasteiger partial charge in [0.05, 0.1) is 11.1 Å². The highest BCUT2D eigenvalue weighted by Crippen LogP contribution is 2.42. The van der Waals surface area contributed by atoms with Crippen LogP contribution in [0.1, 0.15) is 50.2 Å². The number of ether oxygens (including phenoxy) is 2. The first-order valence-electron chi connectivity index (χ1n) is 7.53. The van der Waals surface area contributed by atoms with E-state index in [1.165, 1.54) is 25.7 Å². The van der Waals surface area contributed by atoms with Crippen molar-refractivity contribution in [2.45, 2.75) is 44.6 Å². The molecule has 2 aliphatic rings. The summed E-state index contributed by atoms with van der Waals surface area (Å²) >= 11 is 6.25. The lowest BCUT2D eigenvalue weighted by Gasteiger charge is -2.25. The molecule has 110 valence electrons. The van der Waals surface area contributed by atoms with Gasteiger partial charge in [-0.15, -0.1) is 0 Å². The van der Waals surface area contributed by atoms with E-state index in [1.54, 1.807) is 0 Å². The van der Waals surface area contributed by atoms with Gasteiger partial charge in [0.1, 0.15) is 13.2 Å². The van der Waals surface area contributed by atoms with Crippen molar-refractivity contribution in [1.82, 2.24) is 0 Å². The fourth-order valence-electron chi connectivity index (χ4n) is 3.20. The molecule has 1 unspecified atom stereocenters. The molecule has 4 heteroatoms. The van der Waals surface area contributed by atoms with Gasteiger partial charge >= 0.3 is 0 Å². The van der Waals surface area contributed by atoms with E-state index >= 15 is 0 Å². The Labute approximate surface area is 124 Å². The van der Waals surface area contributed by atoms with Crippen molar-refractivity contribution in [2.24, 2.45) is 5.92 Å². The van der Waals surface area contributed by atoms with Gasteiger partial charge in [-0.1, -0.05) is 37.3 Å². The molecule has 1 aromatic carbocycles. The Morgan fingerprint density at radius 2 is 1.75 bits per heavy atom. The summed E-state index contributed by atoms with van der Waals surface area (Å²) < 4.78 is 11.1. The van der Waals surface area contributed by atoms with E-state index < -0.39 is 6.10 Å². The zero-order valence-corrected chi connectivity index (χ0v) is 12.4. The Kier molecular flexibility index (Phi) is 4.37. The number of halogens is 1.